The van der Waals surface area contributed by atoms with Crippen LogP contribution in [0.2, 0.25) is 0 Å². The lowest BCUT2D eigenvalue weighted by molar-refractivity contribution is -0.142. The number of carbonyl (C=O) groups excluding carboxylic acids is 5. The summed E-state index contributed by atoms with van der Waals surface area (Å²) in [5, 5.41) is 18.1. The molecule has 0 heterocycles. The standard InChI is InChI=1S/C43H66N6O7/c1-29(2)24-37(49-42(54)34(25-31-15-6-4-7-16-31)28-38(50)35(46)26-32-17-8-5-9-18-32)39(51)27-33(19-13-22-45)41(53)47-23-11-10-20-36(43(55)56)48-40(52)30(3)14-12-21-44/h4-9,15-18,29-30,33-37H,10-14,19-28,44-46H2,1-3H3,(H,47,53)(H,48,52)(H,49,54)(H,55,56)/t30-,33+,34+,35-,36-,37-/m1/s1. The number of benzene rings is 2. The molecule has 0 aliphatic carbocycles. The Morgan fingerprint density at radius 1 is 0.625 bits per heavy atom. The summed E-state index contributed by atoms with van der Waals surface area (Å²) in [6.07, 6.45) is 4.00. The number of hydrogen-bond donors (Lipinski definition) is 7. The van der Waals surface area contributed by atoms with Crippen LogP contribution in [0.5, 0.6) is 0 Å². The largest absolute Gasteiger partial charge is 0.480 e. The van der Waals surface area contributed by atoms with Crippen molar-refractivity contribution in [2.45, 2.75) is 116 Å². The number of rotatable bonds is 29. The number of carboxylic acids is 1. The molecule has 0 aromatic heterocycles. The summed E-state index contributed by atoms with van der Waals surface area (Å²) < 4.78 is 0. The number of carbonyl (C=O) groups is 6. The summed E-state index contributed by atoms with van der Waals surface area (Å²) in [6.45, 7) is 6.67. The summed E-state index contributed by atoms with van der Waals surface area (Å²) >= 11 is 0. The number of nitrogens with one attached hydrogen (secondary N) is 3. The molecular formula is C43H66N6O7. The molecule has 2 aromatic carbocycles. The molecule has 0 saturated carbocycles. The zero-order valence-corrected chi connectivity index (χ0v) is 33.6. The third-order valence-electron chi connectivity index (χ3n) is 9.96. The second kappa shape index (κ2) is 26.4. The van der Waals surface area contributed by atoms with Crippen molar-refractivity contribution in [2.24, 2.45) is 40.9 Å². The molecule has 0 radical (unpaired) electrons. The molecule has 2 rings (SSSR count). The first kappa shape index (κ1) is 47.7. The third-order valence-corrected chi connectivity index (χ3v) is 9.96. The van der Waals surface area contributed by atoms with Crippen LogP contribution in [0.3, 0.4) is 0 Å². The van der Waals surface area contributed by atoms with Crippen molar-refractivity contribution in [1.29, 1.82) is 0 Å². The number of ketones is 2. The van der Waals surface area contributed by atoms with Gasteiger partial charge >= 0.3 is 5.97 Å². The first-order chi connectivity index (χ1) is 26.7. The Balaban J connectivity index is 2.08. The quantitative estimate of drug-likeness (QED) is 0.0594. The van der Waals surface area contributed by atoms with Gasteiger partial charge < -0.3 is 38.3 Å². The Labute approximate surface area is 332 Å². The summed E-state index contributed by atoms with van der Waals surface area (Å²) in [5.74, 6) is -4.48. The van der Waals surface area contributed by atoms with E-state index in [1.54, 1.807) is 6.92 Å². The lowest BCUT2D eigenvalue weighted by Crippen LogP contribution is -2.47. The van der Waals surface area contributed by atoms with Gasteiger partial charge in [-0.2, -0.15) is 0 Å². The minimum absolute atomic E-state index is 0.0441. The zero-order valence-electron chi connectivity index (χ0n) is 33.6. The second-order valence-corrected chi connectivity index (χ2v) is 15.4. The highest BCUT2D eigenvalue weighted by molar-refractivity contribution is 5.94. The fourth-order valence-corrected chi connectivity index (χ4v) is 6.60. The van der Waals surface area contributed by atoms with Crippen LogP contribution in [0.15, 0.2) is 60.7 Å². The number of nitrogens with two attached hydrogens (primary N) is 3. The number of amides is 3. The Morgan fingerprint density at radius 3 is 1.75 bits per heavy atom. The van der Waals surface area contributed by atoms with E-state index in [-0.39, 0.29) is 67.4 Å². The molecule has 310 valence electrons. The van der Waals surface area contributed by atoms with E-state index in [1.807, 2.05) is 74.5 Å². The highest BCUT2D eigenvalue weighted by Gasteiger charge is 2.32. The van der Waals surface area contributed by atoms with Crippen LogP contribution >= 0.6 is 0 Å². The Hall–Kier alpha value is -4.46. The van der Waals surface area contributed by atoms with Crippen LogP contribution in [0, 0.1) is 23.7 Å². The van der Waals surface area contributed by atoms with Gasteiger partial charge in [0.15, 0.2) is 11.6 Å². The van der Waals surface area contributed by atoms with Gasteiger partial charge in [0.25, 0.3) is 0 Å². The third kappa shape index (κ3) is 18.4. The summed E-state index contributed by atoms with van der Waals surface area (Å²) in [7, 11) is 0. The predicted octanol–water partition coefficient (Wildman–Crippen LogP) is 3.45. The molecule has 0 fully saturated rings. The summed E-state index contributed by atoms with van der Waals surface area (Å²) in [6, 6.07) is 16.1. The SMILES string of the molecule is CC(C)C[C@@H](NC(=O)[C@H](CC(=O)[C@H](N)Cc1ccccc1)Cc1ccccc1)C(=O)C[C@H](CCCN)C(=O)NCCCC[C@@H](NC(=O)[C@H](C)CCCN)C(=O)O. The van der Waals surface area contributed by atoms with E-state index in [0.29, 0.717) is 64.5 Å². The van der Waals surface area contributed by atoms with Gasteiger partial charge in [-0.05, 0) is 94.3 Å². The smallest absolute Gasteiger partial charge is 0.326 e. The number of carboxylic acid groups (broad SMARTS) is 1. The van der Waals surface area contributed by atoms with Crippen LogP contribution in [0.4, 0.5) is 0 Å². The number of aliphatic carboxylic acids is 1. The van der Waals surface area contributed by atoms with Crippen LogP contribution in [0.25, 0.3) is 0 Å². The molecule has 0 bridgehead atoms. The summed E-state index contributed by atoms with van der Waals surface area (Å²) in [4.78, 5) is 78.9. The Kier molecular flexibility index (Phi) is 22.5. The molecular weight excluding hydrogens is 713 g/mol. The molecule has 3 amide bonds. The van der Waals surface area contributed by atoms with Crippen molar-refractivity contribution in [3.63, 3.8) is 0 Å². The van der Waals surface area contributed by atoms with Gasteiger partial charge in [0.05, 0.1) is 12.1 Å². The number of Topliss-reactive ketones (excluding diaryl/α,β-unsaturated/α-hetero) is 2. The predicted molar refractivity (Wildman–Crippen MR) is 218 cm³/mol. The van der Waals surface area contributed by atoms with Crippen molar-refractivity contribution in [2.75, 3.05) is 19.6 Å². The molecule has 13 nitrogen and oxygen atoms in total. The number of hydrogen-bond acceptors (Lipinski definition) is 9. The topological polar surface area (TPSA) is 237 Å². The maximum Gasteiger partial charge on any atom is 0.326 e. The molecule has 0 spiro atoms. The molecule has 0 aliphatic heterocycles. The highest BCUT2D eigenvalue weighted by atomic mass is 16.4. The van der Waals surface area contributed by atoms with Crippen LogP contribution in [0.1, 0.15) is 96.1 Å². The summed E-state index contributed by atoms with van der Waals surface area (Å²) in [5.41, 5.74) is 19.4. The Bertz CT molecular complexity index is 1510. The van der Waals surface area contributed by atoms with E-state index in [9.17, 15) is 33.9 Å². The van der Waals surface area contributed by atoms with E-state index in [1.165, 1.54) is 0 Å². The lowest BCUT2D eigenvalue weighted by Gasteiger charge is -2.25. The molecule has 0 saturated heterocycles. The fraction of sp³-hybridized carbons (Fsp3) is 0.581. The maximum atomic E-state index is 14.0. The van der Waals surface area contributed by atoms with Gasteiger partial charge in [-0.25, -0.2) is 4.79 Å². The van der Waals surface area contributed by atoms with Crippen molar-refractivity contribution in [1.82, 2.24) is 16.0 Å². The zero-order chi connectivity index (χ0) is 41.5. The van der Waals surface area contributed by atoms with Crippen LogP contribution in [-0.2, 0) is 41.6 Å². The van der Waals surface area contributed by atoms with Crippen molar-refractivity contribution in [3.8, 4) is 0 Å². The van der Waals surface area contributed by atoms with E-state index in [4.69, 9.17) is 17.2 Å². The monoisotopic (exact) mass is 778 g/mol. The first-order valence-corrected chi connectivity index (χ1v) is 20.2. The van der Waals surface area contributed by atoms with E-state index < -0.39 is 41.8 Å². The van der Waals surface area contributed by atoms with Crippen LogP contribution in [-0.4, -0.2) is 78.1 Å². The average molecular weight is 779 g/mol. The van der Waals surface area contributed by atoms with Crippen LogP contribution < -0.4 is 33.2 Å². The minimum atomic E-state index is -1.12. The van der Waals surface area contributed by atoms with Gasteiger partial charge in [-0.3, -0.25) is 24.0 Å². The molecule has 10 N–H and O–H groups in total. The van der Waals surface area contributed by atoms with E-state index in [0.717, 1.165) is 11.1 Å². The fourth-order valence-electron chi connectivity index (χ4n) is 6.60. The average Bonchev–Trinajstić information content (AvgIpc) is 3.17. The molecule has 6 atom stereocenters. The van der Waals surface area contributed by atoms with Crippen molar-refractivity contribution < 1.29 is 33.9 Å². The van der Waals surface area contributed by atoms with Gasteiger partial charge in [0.1, 0.15) is 6.04 Å². The lowest BCUT2D eigenvalue weighted by atomic mass is 9.88. The Morgan fingerprint density at radius 2 is 1.18 bits per heavy atom. The van der Waals surface area contributed by atoms with Crippen molar-refractivity contribution >= 4 is 35.3 Å². The molecule has 0 unspecified atom stereocenters. The van der Waals surface area contributed by atoms with Crippen molar-refractivity contribution in [3.05, 3.63) is 71.8 Å². The minimum Gasteiger partial charge on any atom is -0.480 e. The van der Waals surface area contributed by atoms with Gasteiger partial charge in [0.2, 0.25) is 17.7 Å². The first-order valence-electron chi connectivity index (χ1n) is 20.2. The van der Waals surface area contributed by atoms with Gasteiger partial charge in [-0.15, -0.1) is 0 Å². The molecule has 13 heteroatoms. The highest BCUT2D eigenvalue weighted by Crippen LogP contribution is 2.20. The second-order valence-electron chi connectivity index (χ2n) is 15.4. The molecule has 0 aliphatic rings. The molecule has 56 heavy (non-hydrogen) atoms. The number of unbranched alkanes of at least 4 members (excludes halogenated alkanes) is 1. The van der Waals surface area contributed by atoms with Gasteiger partial charge in [-0.1, -0.05) is 81.4 Å². The normalized spacial score (nSPS) is 14.5. The molecule has 2 aromatic rings. The van der Waals surface area contributed by atoms with E-state index >= 15 is 0 Å². The van der Waals surface area contributed by atoms with Gasteiger partial charge in [0, 0.05) is 37.1 Å². The maximum absolute atomic E-state index is 14.0. The van der Waals surface area contributed by atoms with E-state index in [2.05, 4.69) is 16.0 Å².